The van der Waals surface area contributed by atoms with E-state index >= 15 is 0 Å². The summed E-state index contributed by atoms with van der Waals surface area (Å²) in [6, 6.07) is 13.9. The van der Waals surface area contributed by atoms with Crippen molar-refractivity contribution in [3.8, 4) is 5.75 Å². The molecule has 3 rings (SSSR count). The fourth-order valence-electron chi connectivity index (χ4n) is 2.52. The number of carbonyl (C=O) groups is 1. The van der Waals surface area contributed by atoms with E-state index in [9.17, 15) is 9.18 Å². The predicted molar refractivity (Wildman–Crippen MR) is 88.3 cm³/mol. The number of ether oxygens (including phenoxy) is 2. The number of hydrogen-bond acceptors (Lipinski definition) is 3. The second-order valence-corrected chi connectivity index (χ2v) is 5.35. The summed E-state index contributed by atoms with van der Waals surface area (Å²) in [4.78, 5) is 11.9. The maximum atomic E-state index is 13.6. The Hall–Kier alpha value is -2.62. The van der Waals surface area contributed by atoms with Gasteiger partial charge in [-0.05, 0) is 35.4 Å². The van der Waals surface area contributed by atoms with Crippen molar-refractivity contribution in [2.45, 2.75) is 19.8 Å². The first kappa shape index (κ1) is 15.3. The van der Waals surface area contributed by atoms with Crippen molar-refractivity contribution in [3.63, 3.8) is 0 Å². The standard InChI is InChI=1S/C19H17FO3/c1-2-3-10-22-19(21)23-18-16-7-5-4-6-13(16)11-14-8-9-15(20)12-17(14)18/h4-9,11-12H,2-3,10H2,1H3. The van der Waals surface area contributed by atoms with Gasteiger partial charge in [0, 0.05) is 10.8 Å². The summed E-state index contributed by atoms with van der Waals surface area (Å²) in [6.45, 7) is 2.32. The van der Waals surface area contributed by atoms with Crippen molar-refractivity contribution in [1.82, 2.24) is 0 Å². The lowest BCUT2D eigenvalue weighted by Gasteiger charge is -2.12. The molecule has 23 heavy (non-hydrogen) atoms. The number of carbonyl (C=O) groups excluding carboxylic acids is 1. The van der Waals surface area contributed by atoms with Gasteiger partial charge in [-0.3, -0.25) is 0 Å². The molecule has 3 aromatic carbocycles. The molecule has 0 saturated carbocycles. The summed E-state index contributed by atoms with van der Waals surface area (Å²) in [5.74, 6) is -0.0453. The zero-order chi connectivity index (χ0) is 16.2. The Bertz CT molecular complexity index is 858. The fraction of sp³-hybridized carbons (Fsp3) is 0.211. The van der Waals surface area contributed by atoms with Gasteiger partial charge in [-0.2, -0.15) is 0 Å². The minimum absolute atomic E-state index is 0.312. The monoisotopic (exact) mass is 312 g/mol. The molecule has 0 radical (unpaired) electrons. The van der Waals surface area contributed by atoms with Crippen LogP contribution in [0.5, 0.6) is 5.75 Å². The Labute approximate surface area is 133 Å². The van der Waals surface area contributed by atoms with E-state index in [0.29, 0.717) is 17.7 Å². The molecule has 3 aromatic rings. The molecular formula is C19H17FO3. The lowest BCUT2D eigenvalue weighted by atomic mass is 10.0. The zero-order valence-electron chi connectivity index (χ0n) is 12.8. The number of fused-ring (bicyclic) bond motifs is 2. The fourth-order valence-corrected chi connectivity index (χ4v) is 2.52. The van der Waals surface area contributed by atoms with Crippen LogP contribution >= 0.6 is 0 Å². The van der Waals surface area contributed by atoms with Crippen LogP contribution in [-0.4, -0.2) is 12.8 Å². The van der Waals surface area contributed by atoms with Gasteiger partial charge in [0.05, 0.1) is 6.61 Å². The van der Waals surface area contributed by atoms with Gasteiger partial charge in [-0.15, -0.1) is 0 Å². The van der Waals surface area contributed by atoms with Gasteiger partial charge in [0.1, 0.15) is 11.6 Å². The van der Waals surface area contributed by atoms with Gasteiger partial charge >= 0.3 is 6.16 Å². The molecule has 0 saturated heterocycles. The molecular weight excluding hydrogens is 295 g/mol. The summed E-state index contributed by atoms with van der Waals surface area (Å²) in [5, 5.41) is 3.03. The van der Waals surface area contributed by atoms with E-state index in [0.717, 1.165) is 29.0 Å². The summed E-state index contributed by atoms with van der Waals surface area (Å²) in [6.07, 6.45) is 0.941. The minimum Gasteiger partial charge on any atom is -0.434 e. The van der Waals surface area contributed by atoms with Crippen LogP contribution in [0.15, 0.2) is 48.5 Å². The third kappa shape index (κ3) is 3.26. The highest BCUT2D eigenvalue weighted by Crippen LogP contribution is 2.35. The van der Waals surface area contributed by atoms with E-state index in [-0.39, 0.29) is 5.82 Å². The molecule has 0 aliphatic carbocycles. The van der Waals surface area contributed by atoms with Gasteiger partial charge in [-0.1, -0.05) is 43.7 Å². The number of rotatable bonds is 4. The lowest BCUT2D eigenvalue weighted by molar-refractivity contribution is 0.0988. The maximum absolute atomic E-state index is 13.6. The highest BCUT2D eigenvalue weighted by Gasteiger charge is 2.14. The van der Waals surface area contributed by atoms with Crippen molar-refractivity contribution in [2.24, 2.45) is 0 Å². The highest BCUT2D eigenvalue weighted by atomic mass is 19.1. The zero-order valence-corrected chi connectivity index (χ0v) is 12.8. The Morgan fingerprint density at radius 2 is 1.83 bits per heavy atom. The molecule has 118 valence electrons. The van der Waals surface area contributed by atoms with Gasteiger partial charge in [-0.25, -0.2) is 9.18 Å². The molecule has 0 bridgehead atoms. The van der Waals surface area contributed by atoms with Crippen LogP contribution in [0, 0.1) is 5.82 Å². The lowest BCUT2D eigenvalue weighted by Crippen LogP contribution is -2.12. The quantitative estimate of drug-likeness (QED) is 0.278. The number of hydrogen-bond donors (Lipinski definition) is 0. The van der Waals surface area contributed by atoms with Crippen molar-refractivity contribution in [3.05, 3.63) is 54.3 Å². The summed E-state index contributed by atoms with van der Waals surface area (Å²) < 4.78 is 24.1. The van der Waals surface area contributed by atoms with Gasteiger partial charge in [0.15, 0.2) is 0 Å². The van der Waals surface area contributed by atoms with Crippen LogP contribution in [0.3, 0.4) is 0 Å². The largest absolute Gasteiger partial charge is 0.513 e. The van der Waals surface area contributed by atoms with E-state index < -0.39 is 6.16 Å². The first-order chi connectivity index (χ1) is 11.2. The van der Waals surface area contributed by atoms with Crippen LogP contribution in [0.1, 0.15) is 19.8 Å². The van der Waals surface area contributed by atoms with E-state index in [1.54, 1.807) is 6.07 Å². The van der Waals surface area contributed by atoms with E-state index in [1.165, 1.54) is 12.1 Å². The second kappa shape index (κ2) is 6.65. The topological polar surface area (TPSA) is 35.5 Å². The smallest absolute Gasteiger partial charge is 0.434 e. The molecule has 0 N–H and O–H groups in total. The molecule has 0 fully saturated rings. The summed E-state index contributed by atoms with van der Waals surface area (Å²) in [7, 11) is 0. The highest BCUT2D eigenvalue weighted by molar-refractivity contribution is 6.06. The van der Waals surface area contributed by atoms with Crippen molar-refractivity contribution in [2.75, 3.05) is 6.61 Å². The second-order valence-electron chi connectivity index (χ2n) is 5.35. The molecule has 0 amide bonds. The molecule has 0 aromatic heterocycles. The van der Waals surface area contributed by atoms with Gasteiger partial charge in [0.25, 0.3) is 0 Å². The van der Waals surface area contributed by atoms with E-state index in [4.69, 9.17) is 9.47 Å². The SMILES string of the molecule is CCCCOC(=O)Oc1c2ccccc2cc2ccc(F)cc12. The Morgan fingerprint density at radius 1 is 1.04 bits per heavy atom. The molecule has 3 nitrogen and oxygen atoms in total. The summed E-state index contributed by atoms with van der Waals surface area (Å²) in [5.41, 5.74) is 0. The Kier molecular flexibility index (Phi) is 4.42. The molecule has 0 aliphatic rings. The Balaban J connectivity index is 2.07. The number of benzene rings is 3. The molecule has 0 atom stereocenters. The first-order valence-corrected chi connectivity index (χ1v) is 7.64. The van der Waals surface area contributed by atoms with Crippen molar-refractivity contribution < 1.29 is 18.7 Å². The molecule has 4 heteroatoms. The van der Waals surface area contributed by atoms with Crippen LogP contribution in [0.4, 0.5) is 9.18 Å². The van der Waals surface area contributed by atoms with Crippen LogP contribution in [-0.2, 0) is 4.74 Å². The summed E-state index contributed by atoms with van der Waals surface area (Å²) >= 11 is 0. The first-order valence-electron chi connectivity index (χ1n) is 7.64. The third-order valence-corrected chi connectivity index (χ3v) is 3.68. The third-order valence-electron chi connectivity index (χ3n) is 3.68. The average Bonchev–Trinajstić information content (AvgIpc) is 2.55. The van der Waals surface area contributed by atoms with E-state index in [2.05, 4.69) is 0 Å². The molecule has 0 unspecified atom stereocenters. The van der Waals surface area contributed by atoms with Crippen LogP contribution in [0.25, 0.3) is 21.5 Å². The maximum Gasteiger partial charge on any atom is 0.513 e. The van der Waals surface area contributed by atoms with Crippen LogP contribution in [0.2, 0.25) is 0 Å². The number of unbranched alkanes of at least 4 members (excludes halogenated alkanes) is 1. The Morgan fingerprint density at radius 3 is 2.65 bits per heavy atom. The van der Waals surface area contributed by atoms with Crippen molar-refractivity contribution in [1.29, 1.82) is 0 Å². The normalized spacial score (nSPS) is 10.9. The average molecular weight is 312 g/mol. The molecule has 0 aliphatic heterocycles. The van der Waals surface area contributed by atoms with Gasteiger partial charge < -0.3 is 9.47 Å². The van der Waals surface area contributed by atoms with E-state index in [1.807, 2.05) is 37.3 Å². The van der Waals surface area contributed by atoms with Crippen molar-refractivity contribution >= 4 is 27.7 Å². The van der Waals surface area contributed by atoms with Crippen LogP contribution < -0.4 is 4.74 Å². The number of halogens is 1. The van der Waals surface area contributed by atoms with Gasteiger partial charge in [0.2, 0.25) is 0 Å². The molecule has 0 spiro atoms. The molecule has 0 heterocycles. The predicted octanol–water partition coefficient (Wildman–Crippen LogP) is 5.45. The minimum atomic E-state index is -0.764.